The maximum absolute atomic E-state index is 2.38. The summed E-state index contributed by atoms with van der Waals surface area (Å²) in [6, 6.07) is 29.3. The lowest BCUT2D eigenvalue weighted by Crippen LogP contribution is -1.93. The van der Waals surface area contributed by atoms with E-state index in [1.54, 1.807) is 0 Å². The van der Waals surface area contributed by atoms with E-state index in [1.807, 2.05) is 0 Å². The summed E-state index contributed by atoms with van der Waals surface area (Å²) >= 11 is 0. The van der Waals surface area contributed by atoms with Gasteiger partial charge in [0.15, 0.2) is 0 Å². The van der Waals surface area contributed by atoms with Crippen LogP contribution in [0.1, 0.15) is 16.7 Å². The van der Waals surface area contributed by atoms with E-state index in [-0.39, 0.29) is 0 Å². The second-order valence-corrected chi connectivity index (χ2v) is 7.11. The van der Waals surface area contributed by atoms with Gasteiger partial charge in [0.2, 0.25) is 0 Å². The van der Waals surface area contributed by atoms with Crippen molar-refractivity contribution in [3.05, 3.63) is 95.6 Å². The van der Waals surface area contributed by atoms with Gasteiger partial charge in [0.25, 0.3) is 0 Å². The van der Waals surface area contributed by atoms with E-state index in [4.69, 9.17) is 0 Å². The van der Waals surface area contributed by atoms with E-state index in [0.29, 0.717) is 0 Å². The first-order chi connectivity index (χ1) is 12.3. The van der Waals surface area contributed by atoms with Crippen molar-refractivity contribution in [1.82, 2.24) is 0 Å². The van der Waals surface area contributed by atoms with Gasteiger partial charge < -0.3 is 0 Å². The largest absolute Gasteiger partial charge is 0.0610 e. The van der Waals surface area contributed by atoms with Gasteiger partial charge >= 0.3 is 0 Å². The molecule has 5 rings (SSSR count). The molecule has 0 saturated heterocycles. The molecule has 0 radical (unpaired) electrons. The molecule has 5 aromatic carbocycles. The zero-order valence-corrected chi connectivity index (χ0v) is 14.4. The molecule has 0 aliphatic carbocycles. The molecule has 5 aromatic rings. The molecule has 120 valence electrons. The maximum Gasteiger partial charge on any atom is -0.00266 e. The number of benzene rings is 5. The first-order valence-electron chi connectivity index (χ1n) is 9.00. The van der Waals surface area contributed by atoms with Crippen LogP contribution in [0.15, 0.2) is 78.9 Å². The number of hydrogen-bond donors (Lipinski definition) is 0. The second-order valence-electron chi connectivity index (χ2n) is 7.11. The highest BCUT2D eigenvalue weighted by atomic mass is 14.1. The van der Waals surface area contributed by atoms with E-state index < -0.39 is 0 Å². The summed E-state index contributed by atoms with van der Waals surface area (Å²) < 4.78 is 0. The van der Waals surface area contributed by atoms with Gasteiger partial charge in [-0.25, -0.2) is 0 Å². The molecule has 0 amide bonds. The summed E-state index contributed by atoms with van der Waals surface area (Å²) in [5, 5.41) is 8.21. The van der Waals surface area contributed by atoms with Gasteiger partial charge in [-0.3, -0.25) is 0 Å². The predicted molar refractivity (Wildman–Crippen MR) is 109 cm³/mol. The molecule has 0 bridgehead atoms. The molecular formula is C25H20. The van der Waals surface area contributed by atoms with E-state index in [9.17, 15) is 0 Å². The van der Waals surface area contributed by atoms with Crippen LogP contribution in [0.25, 0.3) is 32.3 Å². The van der Waals surface area contributed by atoms with Crippen molar-refractivity contribution in [3.63, 3.8) is 0 Å². The molecule has 0 aromatic heterocycles. The molecule has 0 nitrogen and oxygen atoms in total. The Morgan fingerprint density at radius 3 is 1.68 bits per heavy atom. The van der Waals surface area contributed by atoms with Crippen LogP contribution in [0.2, 0.25) is 0 Å². The summed E-state index contributed by atoms with van der Waals surface area (Å²) in [6.07, 6.45) is 2.17. The Hall–Kier alpha value is -2.86. The topological polar surface area (TPSA) is 0 Å². The van der Waals surface area contributed by atoms with Crippen molar-refractivity contribution in [2.75, 3.05) is 0 Å². The summed E-state index contributed by atoms with van der Waals surface area (Å²) in [5.74, 6) is 0. The molecule has 0 heterocycles. The van der Waals surface area contributed by atoms with Crippen LogP contribution in [-0.4, -0.2) is 0 Å². The van der Waals surface area contributed by atoms with E-state index >= 15 is 0 Å². The monoisotopic (exact) mass is 320 g/mol. The third kappa shape index (κ3) is 2.46. The summed E-state index contributed by atoms with van der Waals surface area (Å²) in [5.41, 5.74) is 4.16. The maximum atomic E-state index is 2.38. The molecule has 0 aliphatic heterocycles. The average Bonchev–Trinajstić information content (AvgIpc) is 2.65. The van der Waals surface area contributed by atoms with E-state index in [2.05, 4.69) is 85.8 Å². The van der Waals surface area contributed by atoms with Crippen molar-refractivity contribution in [1.29, 1.82) is 0 Å². The third-order valence-electron chi connectivity index (χ3n) is 5.35. The highest BCUT2D eigenvalue weighted by Crippen LogP contribution is 2.35. The Labute approximate surface area is 148 Å². The van der Waals surface area contributed by atoms with E-state index in [0.717, 1.165) is 12.8 Å². The molecule has 0 unspecified atom stereocenters. The number of aryl methyl sites for hydroxylation is 3. The molecule has 25 heavy (non-hydrogen) atoms. The minimum Gasteiger partial charge on any atom is -0.0610 e. The Bertz CT molecular complexity index is 1120. The standard InChI is InChI=1S/C25H20/c1-17-5-7-18(8-6-17)9-10-19-15-22-13-11-20-3-2-4-21-12-14-23(16-19)25(22)24(20)21/h2-8,11-16H,9-10H2,1H3. The van der Waals surface area contributed by atoms with Crippen LogP contribution >= 0.6 is 0 Å². The lowest BCUT2D eigenvalue weighted by Gasteiger charge is -2.12. The SMILES string of the molecule is Cc1ccc(CCc2cc3ccc4cccc5ccc(c2)c3c45)cc1. The predicted octanol–water partition coefficient (Wildman–Crippen LogP) is 6.68. The summed E-state index contributed by atoms with van der Waals surface area (Å²) in [7, 11) is 0. The van der Waals surface area contributed by atoms with Crippen molar-refractivity contribution in [2.24, 2.45) is 0 Å². The first kappa shape index (κ1) is 14.5. The van der Waals surface area contributed by atoms with Gasteiger partial charge in [-0.05, 0) is 63.2 Å². The first-order valence-corrected chi connectivity index (χ1v) is 9.00. The van der Waals surface area contributed by atoms with Crippen molar-refractivity contribution >= 4 is 32.3 Å². The molecule has 0 saturated carbocycles. The van der Waals surface area contributed by atoms with Gasteiger partial charge in [0.05, 0.1) is 0 Å². The van der Waals surface area contributed by atoms with Crippen LogP contribution in [0, 0.1) is 6.92 Å². The van der Waals surface area contributed by atoms with Gasteiger partial charge in [0, 0.05) is 0 Å². The molecule has 0 heteroatoms. The Kier molecular flexibility index (Phi) is 3.24. The van der Waals surface area contributed by atoms with Crippen LogP contribution in [0.4, 0.5) is 0 Å². The summed E-state index contributed by atoms with van der Waals surface area (Å²) in [4.78, 5) is 0. The van der Waals surface area contributed by atoms with Crippen LogP contribution in [0.3, 0.4) is 0 Å². The highest BCUT2D eigenvalue weighted by Gasteiger charge is 2.09. The Morgan fingerprint density at radius 1 is 0.520 bits per heavy atom. The molecule has 0 N–H and O–H groups in total. The number of rotatable bonds is 3. The van der Waals surface area contributed by atoms with Crippen LogP contribution in [0.5, 0.6) is 0 Å². The highest BCUT2D eigenvalue weighted by molar-refractivity contribution is 6.23. The smallest absolute Gasteiger partial charge is 0.00266 e. The molecule has 0 spiro atoms. The Balaban J connectivity index is 1.59. The zero-order valence-electron chi connectivity index (χ0n) is 14.4. The molecule has 0 atom stereocenters. The van der Waals surface area contributed by atoms with Crippen LogP contribution < -0.4 is 0 Å². The van der Waals surface area contributed by atoms with Gasteiger partial charge in [-0.2, -0.15) is 0 Å². The third-order valence-corrected chi connectivity index (χ3v) is 5.35. The van der Waals surface area contributed by atoms with Gasteiger partial charge in [-0.15, -0.1) is 0 Å². The molecule has 0 fully saturated rings. The second kappa shape index (κ2) is 5.60. The zero-order chi connectivity index (χ0) is 16.8. The van der Waals surface area contributed by atoms with Crippen molar-refractivity contribution in [3.8, 4) is 0 Å². The number of hydrogen-bond acceptors (Lipinski definition) is 0. The summed E-state index contributed by atoms with van der Waals surface area (Å²) in [6.45, 7) is 2.14. The fourth-order valence-electron chi connectivity index (χ4n) is 4.01. The Morgan fingerprint density at radius 2 is 1.04 bits per heavy atom. The van der Waals surface area contributed by atoms with Gasteiger partial charge in [0.1, 0.15) is 0 Å². The van der Waals surface area contributed by atoms with Gasteiger partial charge in [-0.1, -0.05) is 84.4 Å². The average molecular weight is 320 g/mol. The van der Waals surface area contributed by atoms with Crippen molar-refractivity contribution < 1.29 is 0 Å². The minimum absolute atomic E-state index is 1.08. The van der Waals surface area contributed by atoms with Crippen LogP contribution in [-0.2, 0) is 12.8 Å². The fourth-order valence-corrected chi connectivity index (χ4v) is 4.01. The molecular weight excluding hydrogens is 300 g/mol. The van der Waals surface area contributed by atoms with E-state index in [1.165, 1.54) is 49.0 Å². The van der Waals surface area contributed by atoms with Crippen molar-refractivity contribution in [2.45, 2.75) is 19.8 Å². The lowest BCUT2D eigenvalue weighted by molar-refractivity contribution is 0.963. The quantitative estimate of drug-likeness (QED) is 0.325. The molecule has 0 aliphatic rings. The lowest BCUT2D eigenvalue weighted by atomic mass is 9.92. The normalized spacial score (nSPS) is 11.7. The minimum atomic E-state index is 1.08. The fraction of sp³-hybridized carbons (Fsp3) is 0.120.